The second-order valence-corrected chi connectivity index (χ2v) is 12.9. The van der Waals surface area contributed by atoms with Gasteiger partial charge in [-0.3, -0.25) is 4.79 Å². The molecule has 4 unspecified atom stereocenters. The van der Waals surface area contributed by atoms with Crippen molar-refractivity contribution in [1.82, 2.24) is 0 Å². The Balaban J connectivity index is 0.000000236. The zero-order chi connectivity index (χ0) is 39.0. The lowest BCUT2D eigenvalue weighted by molar-refractivity contribution is -0.181. The summed E-state index contributed by atoms with van der Waals surface area (Å²) in [5.74, 6) is -4.88. The van der Waals surface area contributed by atoms with Crippen LogP contribution in [0.3, 0.4) is 0 Å². The molecule has 0 saturated heterocycles. The summed E-state index contributed by atoms with van der Waals surface area (Å²) in [6, 6.07) is 31.7. The molecule has 0 heterocycles. The zero-order valence-electron chi connectivity index (χ0n) is 30.4. The number of phenolic OH excluding ortho intramolecular Hbond substituents is 1. The molecule has 0 bridgehead atoms. The fourth-order valence-corrected chi connectivity index (χ4v) is 5.88. The summed E-state index contributed by atoms with van der Waals surface area (Å²) in [6.07, 6.45) is -3.55. The molecule has 2 saturated carbocycles. The molecule has 8 nitrogen and oxygen atoms in total. The number of aliphatic hydroxyl groups excluding tert-OH is 1. The molecule has 6 rings (SSSR count). The maximum Gasteiger partial charge on any atom is 0.302 e. The minimum Gasteiger partial charge on any atom is -0.508 e. The van der Waals surface area contributed by atoms with E-state index >= 15 is 0 Å². The van der Waals surface area contributed by atoms with Crippen LogP contribution in [0.15, 0.2) is 109 Å². The highest BCUT2D eigenvalue weighted by molar-refractivity contribution is 5.65. The molecule has 2 aliphatic rings. The van der Waals surface area contributed by atoms with E-state index in [2.05, 4.69) is 4.74 Å². The number of alkyl halides is 4. The van der Waals surface area contributed by atoms with Gasteiger partial charge in [0, 0.05) is 19.8 Å². The molecule has 54 heavy (non-hydrogen) atoms. The highest BCUT2D eigenvalue weighted by Crippen LogP contribution is 2.39. The van der Waals surface area contributed by atoms with Crippen molar-refractivity contribution < 1.29 is 56.3 Å². The van der Waals surface area contributed by atoms with Crippen molar-refractivity contribution >= 4 is 5.97 Å². The highest BCUT2D eigenvalue weighted by Gasteiger charge is 2.50. The Morgan fingerprint density at radius 2 is 1.17 bits per heavy atom. The topological polar surface area (TPSA) is 104 Å². The van der Waals surface area contributed by atoms with E-state index in [1.807, 2.05) is 60.7 Å². The Morgan fingerprint density at radius 3 is 1.69 bits per heavy atom. The van der Waals surface area contributed by atoms with Gasteiger partial charge in [0.15, 0.2) is 12.2 Å². The molecule has 0 aliphatic heterocycles. The second-order valence-electron chi connectivity index (χ2n) is 12.9. The van der Waals surface area contributed by atoms with Crippen LogP contribution in [-0.2, 0) is 27.5 Å². The molecule has 12 heteroatoms. The smallest absolute Gasteiger partial charge is 0.302 e. The van der Waals surface area contributed by atoms with Crippen molar-refractivity contribution in [3.8, 4) is 23.0 Å². The van der Waals surface area contributed by atoms with E-state index in [0.717, 1.165) is 11.1 Å². The molecular formula is C42H48F4O8. The number of hydrogen-bond acceptors (Lipinski definition) is 8. The third kappa shape index (κ3) is 13.6. The number of esters is 1. The molecule has 0 aromatic heterocycles. The molecule has 4 atom stereocenters. The SMILES string of the molecule is CCOC(C)=O.FC1(F)CCCC(OCc2ccccc2)C1Oc1ccc(OCc2ccccc2)cc1.Oc1ccc(OC2C(O)CCCC2(F)F)cc1. The Labute approximate surface area is 313 Å². The third-order valence-corrected chi connectivity index (χ3v) is 8.62. The summed E-state index contributed by atoms with van der Waals surface area (Å²) in [5.41, 5.74) is 2.01. The van der Waals surface area contributed by atoms with Crippen molar-refractivity contribution in [3.05, 3.63) is 120 Å². The van der Waals surface area contributed by atoms with E-state index < -0.39 is 36.3 Å². The molecule has 0 amide bonds. The number of aromatic hydroxyl groups is 1. The van der Waals surface area contributed by atoms with Crippen molar-refractivity contribution in [2.45, 2.75) is 102 Å². The van der Waals surface area contributed by atoms with Crippen molar-refractivity contribution in [3.63, 3.8) is 0 Å². The van der Waals surface area contributed by atoms with Crippen LogP contribution in [0.1, 0.15) is 63.5 Å². The first-order valence-corrected chi connectivity index (χ1v) is 18.0. The zero-order valence-corrected chi connectivity index (χ0v) is 30.4. The van der Waals surface area contributed by atoms with E-state index in [9.17, 15) is 27.5 Å². The molecular weight excluding hydrogens is 708 g/mol. The predicted octanol–water partition coefficient (Wildman–Crippen LogP) is 9.31. The van der Waals surface area contributed by atoms with E-state index in [1.165, 1.54) is 31.2 Å². The number of aliphatic hydroxyl groups is 1. The number of phenols is 1. The quantitative estimate of drug-likeness (QED) is 0.115. The second kappa shape index (κ2) is 20.6. The summed E-state index contributed by atoms with van der Waals surface area (Å²) >= 11 is 0. The van der Waals surface area contributed by atoms with Crippen molar-refractivity contribution in [1.29, 1.82) is 0 Å². The van der Waals surface area contributed by atoms with Crippen LogP contribution in [0.5, 0.6) is 23.0 Å². The number of rotatable bonds is 11. The Bertz CT molecular complexity index is 1660. The summed E-state index contributed by atoms with van der Waals surface area (Å²) < 4.78 is 83.4. The van der Waals surface area contributed by atoms with Crippen LogP contribution < -0.4 is 14.2 Å². The van der Waals surface area contributed by atoms with Crippen LogP contribution in [0.25, 0.3) is 0 Å². The van der Waals surface area contributed by atoms with Gasteiger partial charge in [-0.15, -0.1) is 0 Å². The number of benzene rings is 4. The number of carbonyl (C=O) groups is 1. The third-order valence-electron chi connectivity index (χ3n) is 8.62. The number of halogens is 4. The largest absolute Gasteiger partial charge is 0.508 e. The summed E-state index contributed by atoms with van der Waals surface area (Å²) in [5, 5.41) is 18.6. The first-order chi connectivity index (χ1) is 25.9. The van der Waals surface area contributed by atoms with E-state index in [-0.39, 0.29) is 36.9 Å². The minimum atomic E-state index is -3.02. The monoisotopic (exact) mass is 756 g/mol. The standard InChI is InChI=1S/C26H26F2O3.C12H14F2O3.C4H8O2/c27-26(28)17-7-12-24(30-19-21-10-5-2-6-11-21)25(26)31-23-15-13-22(14-16-23)29-18-20-8-3-1-4-9-20;13-12(14)7-1-2-10(16)11(12)17-9-5-3-8(15)4-6-9;1-3-6-4(2)5/h1-6,8-11,13-16,24-25H,7,12,17-19H2;3-6,10-11,15-16H,1-2,7H2;3H2,1-2H3. The number of ether oxygens (including phenoxy) is 5. The maximum atomic E-state index is 14.7. The molecule has 2 aliphatic carbocycles. The van der Waals surface area contributed by atoms with Crippen LogP contribution >= 0.6 is 0 Å². The predicted molar refractivity (Wildman–Crippen MR) is 195 cm³/mol. The van der Waals surface area contributed by atoms with Gasteiger partial charge in [-0.05, 0) is 92.3 Å². The van der Waals surface area contributed by atoms with Crippen molar-refractivity contribution in [2.75, 3.05) is 6.61 Å². The van der Waals surface area contributed by atoms with Gasteiger partial charge in [-0.2, -0.15) is 0 Å². The van der Waals surface area contributed by atoms with Crippen LogP contribution in [0, 0.1) is 0 Å². The van der Waals surface area contributed by atoms with E-state index in [4.69, 9.17) is 24.1 Å². The van der Waals surface area contributed by atoms with Crippen molar-refractivity contribution in [2.24, 2.45) is 0 Å². The summed E-state index contributed by atoms with van der Waals surface area (Å²) in [4.78, 5) is 9.82. The Hall–Kier alpha value is -4.81. The number of carbonyl (C=O) groups excluding carboxylic acids is 1. The van der Waals surface area contributed by atoms with Gasteiger partial charge in [0.1, 0.15) is 35.7 Å². The molecule has 4 aromatic rings. The van der Waals surface area contributed by atoms with Gasteiger partial charge < -0.3 is 33.9 Å². The molecule has 4 aromatic carbocycles. The van der Waals surface area contributed by atoms with Gasteiger partial charge in [0.05, 0.1) is 19.3 Å². The fourth-order valence-electron chi connectivity index (χ4n) is 5.88. The lowest BCUT2D eigenvalue weighted by Gasteiger charge is -2.37. The molecule has 0 radical (unpaired) electrons. The van der Waals surface area contributed by atoms with Gasteiger partial charge in [0.2, 0.25) is 0 Å². The maximum absolute atomic E-state index is 14.7. The Kier molecular flexibility index (Phi) is 16.0. The van der Waals surface area contributed by atoms with Crippen LogP contribution in [-0.4, -0.2) is 59.1 Å². The van der Waals surface area contributed by atoms with Crippen LogP contribution in [0.4, 0.5) is 17.6 Å². The molecule has 2 fully saturated rings. The average molecular weight is 757 g/mol. The van der Waals surface area contributed by atoms with Crippen LogP contribution in [0.2, 0.25) is 0 Å². The molecule has 2 N–H and O–H groups in total. The lowest BCUT2D eigenvalue weighted by atomic mass is 9.90. The lowest BCUT2D eigenvalue weighted by Crippen LogP contribution is -2.51. The highest BCUT2D eigenvalue weighted by atomic mass is 19.3. The first kappa shape index (κ1) is 41.9. The normalized spacial score (nSPS) is 21.2. The minimum absolute atomic E-state index is 0.0355. The Morgan fingerprint density at radius 1 is 0.685 bits per heavy atom. The molecule has 292 valence electrons. The summed E-state index contributed by atoms with van der Waals surface area (Å²) in [7, 11) is 0. The van der Waals surface area contributed by atoms with Gasteiger partial charge in [-0.25, -0.2) is 17.6 Å². The number of hydrogen-bond donors (Lipinski definition) is 2. The van der Waals surface area contributed by atoms with Gasteiger partial charge in [0.25, 0.3) is 11.8 Å². The van der Waals surface area contributed by atoms with Gasteiger partial charge >= 0.3 is 5.97 Å². The molecule has 0 spiro atoms. The van der Waals surface area contributed by atoms with E-state index in [0.29, 0.717) is 50.4 Å². The average Bonchev–Trinajstić information content (AvgIpc) is 3.15. The van der Waals surface area contributed by atoms with E-state index in [1.54, 1.807) is 31.2 Å². The summed E-state index contributed by atoms with van der Waals surface area (Å²) in [6.45, 7) is 4.38. The fraction of sp³-hybridized carbons (Fsp3) is 0.405. The first-order valence-electron chi connectivity index (χ1n) is 18.0. The van der Waals surface area contributed by atoms with Gasteiger partial charge in [-0.1, -0.05) is 60.7 Å².